The van der Waals surface area contributed by atoms with E-state index in [1.165, 1.54) is 5.01 Å². The van der Waals surface area contributed by atoms with Crippen molar-refractivity contribution in [2.75, 3.05) is 20.2 Å². The quantitative estimate of drug-likeness (QED) is 0.593. The molecule has 1 amide bonds. The minimum absolute atomic E-state index is 0.343. The number of nitrogens with zero attached hydrogens (tertiary/aromatic N) is 1. The van der Waals surface area contributed by atoms with Gasteiger partial charge >= 0.3 is 6.09 Å². The average Bonchev–Trinajstić information content (AvgIpc) is 1.89. The molecule has 0 atom stereocenters. The minimum atomic E-state index is -0.343. The monoisotopic (exact) mass is 146 g/mol. The Balaban J connectivity index is 3.49. The van der Waals surface area contributed by atoms with E-state index in [0.717, 1.165) is 6.54 Å². The molecule has 4 nitrogen and oxygen atoms in total. The van der Waals surface area contributed by atoms with Crippen LogP contribution in [0.4, 0.5) is 4.79 Å². The molecule has 0 aliphatic heterocycles. The van der Waals surface area contributed by atoms with Crippen molar-refractivity contribution in [2.45, 2.75) is 13.8 Å². The summed E-state index contributed by atoms with van der Waals surface area (Å²) >= 11 is 0. The summed E-state index contributed by atoms with van der Waals surface area (Å²) in [6.45, 7) is 4.82. The highest BCUT2D eigenvalue weighted by Crippen LogP contribution is 1.83. The Hall–Kier alpha value is -0.770. The molecule has 0 heterocycles. The second kappa shape index (κ2) is 5.05. The first-order valence-electron chi connectivity index (χ1n) is 3.36. The molecular formula is C6H14N2O2. The number of amides is 1. The van der Waals surface area contributed by atoms with Crippen molar-refractivity contribution in [2.24, 2.45) is 0 Å². The van der Waals surface area contributed by atoms with Crippen molar-refractivity contribution in [1.29, 1.82) is 0 Å². The van der Waals surface area contributed by atoms with Gasteiger partial charge in [-0.15, -0.1) is 0 Å². The molecule has 1 N–H and O–H groups in total. The van der Waals surface area contributed by atoms with E-state index in [-0.39, 0.29) is 6.09 Å². The number of hydrogen-bond donors (Lipinski definition) is 1. The first-order chi connectivity index (χ1) is 4.72. The lowest BCUT2D eigenvalue weighted by Crippen LogP contribution is -2.39. The maximum absolute atomic E-state index is 10.8. The lowest BCUT2D eigenvalue weighted by Gasteiger charge is -2.15. The molecular weight excluding hydrogens is 132 g/mol. The highest BCUT2D eigenvalue weighted by molar-refractivity contribution is 5.66. The third kappa shape index (κ3) is 3.29. The van der Waals surface area contributed by atoms with Gasteiger partial charge in [-0.05, 0) is 6.92 Å². The van der Waals surface area contributed by atoms with Crippen molar-refractivity contribution in [3.63, 3.8) is 0 Å². The van der Waals surface area contributed by atoms with E-state index in [0.29, 0.717) is 6.61 Å². The van der Waals surface area contributed by atoms with E-state index < -0.39 is 0 Å². The zero-order chi connectivity index (χ0) is 7.98. The van der Waals surface area contributed by atoms with Gasteiger partial charge in [0.15, 0.2) is 0 Å². The Labute approximate surface area is 61.1 Å². The Bertz CT molecular complexity index is 106. The third-order valence-corrected chi connectivity index (χ3v) is 0.937. The molecule has 0 rings (SSSR count). The fourth-order valence-corrected chi connectivity index (χ4v) is 0.522. The van der Waals surface area contributed by atoms with Crippen LogP contribution < -0.4 is 5.43 Å². The van der Waals surface area contributed by atoms with Crippen LogP contribution in [0.25, 0.3) is 0 Å². The molecule has 0 saturated heterocycles. The molecule has 0 aromatic carbocycles. The van der Waals surface area contributed by atoms with Crippen molar-refractivity contribution >= 4 is 6.09 Å². The summed E-state index contributed by atoms with van der Waals surface area (Å²) in [5.74, 6) is 0. The maximum Gasteiger partial charge on any atom is 0.423 e. The van der Waals surface area contributed by atoms with Crippen LogP contribution in [-0.4, -0.2) is 31.3 Å². The Morgan fingerprint density at radius 3 is 2.60 bits per heavy atom. The maximum atomic E-state index is 10.8. The third-order valence-electron chi connectivity index (χ3n) is 0.937. The van der Waals surface area contributed by atoms with E-state index >= 15 is 0 Å². The molecule has 0 aromatic heterocycles. The Morgan fingerprint density at radius 1 is 1.60 bits per heavy atom. The standard InChI is InChI=1S/C6H14N2O2/c1-4-7-8(3)6(9)10-5-2/h7H,4-5H2,1-3H3. The molecule has 0 aliphatic rings. The smallest absolute Gasteiger partial charge is 0.423 e. The fourth-order valence-electron chi connectivity index (χ4n) is 0.522. The van der Waals surface area contributed by atoms with Crippen LogP contribution >= 0.6 is 0 Å². The van der Waals surface area contributed by atoms with Crippen LogP contribution in [0.1, 0.15) is 13.8 Å². The highest BCUT2D eigenvalue weighted by atomic mass is 16.6. The van der Waals surface area contributed by atoms with Crippen LogP contribution in [0.15, 0.2) is 0 Å². The molecule has 0 bridgehead atoms. The van der Waals surface area contributed by atoms with Crippen LogP contribution in [-0.2, 0) is 4.74 Å². The normalized spacial score (nSPS) is 9.10. The van der Waals surface area contributed by atoms with Crippen LogP contribution in [0, 0.1) is 0 Å². The minimum Gasteiger partial charge on any atom is -0.449 e. The summed E-state index contributed by atoms with van der Waals surface area (Å²) in [7, 11) is 1.63. The summed E-state index contributed by atoms with van der Waals surface area (Å²) in [5, 5.41) is 1.32. The molecule has 0 saturated carbocycles. The first kappa shape index (κ1) is 9.23. The first-order valence-corrected chi connectivity index (χ1v) is 3.36. The van der Waals surface area contributed by atoms with Crippen LogP contribution in [0.5, 0.6) is 0 Å². The summed E-state index contributed by atoms with van der Waals surface area (Å²) in [4.78, 5) is 10.8. The second-order valence-corrected chi connectivity index (χ2v) is 1.77. The number of ether oxygens (including phenoxy) is 1. The fraction of sp³-hybridized carbons (Fsp3) is 0.833. The molecule has 4 heteroatoms. The largest absolute Gasteiger partial charge is 0.449 e. The average molecular weight is 146 g/mol. The van der Waals surface area contributed by atoms with Gasteiger partial charge in [0.2, 0.25) is 0 Å². The lowest BCUT2D eigenvalue weighted by atomic mass is 10.8. The van der Waals surface area contributed by atoms with Crippen molar-refractivity contribution in [3.8, 4) is 0 Å². The predicted molar refractivity (Wildman–Crippen MR) is 38.5 cm³/mol. The van der Waals surface area contributed by atoms with Gasteiger partial charge in [0.25, 0.3) is 0 Å². The summed E-state index contributed by atoms with van der Waals surface area (Å²) in [6.07, 6.45) is -0.343. The zero-order valence-corrected chi connectivity index (χ0v) is 6.68. The number of carbonyl (C=O) groups excluding carboxylic acids is 1. The molecule has 0 aromatic rings. The molecule has 0 radical (unpaired) electrons. The van der Waals surface area contributed by atoms with Crippen molar-refractivity contribution < 1.29 is 9.53 Å². The van der Waals surface area contributed by atoms with Gasteiger partial charge in [-0.25, -0.2) is 15.2 Å². The SMILES string of the molecule is CCNN(C)C(=O)OCC. The van der Waals surface area contributed by atoms with Crippen molar-refractivity contribution in [1.82, 2.24) is 10.4 Å². The number of rotatable bonds is 3. The van der Waals surface area contributed by atoms with Gasteiger partial charge in [-0.1, -0.05) is 6.92 Å². The number of nitrogens with one attached hydrogen (secondary N) is 1. The van der Waals surface area contributed by atoms with Crippen LogP contribution in [0.2, 0.25) is 0 Å². The topological polar surface area (TPSA) is 41.6 Å². The number of hydrazine groups is 1. The number of carbonyl (C=O) groups is 1. The van der Waals surface area contributed by atoms with Gasteiger partial charge in [0.05, 0.1) is 6.61 Å². The second-order valence-electron chi connectivity index (χ2n) is 1.77. The van der Waals surface area contributed by atoms with Gasteiger partial charge in [0, 0.05) is 13.6 Å². The highest BCUT2D eigenvalue weighted by Gasteiger charge is 2.05. The zero-order valence-electron chi connectivity index (χ0n) is 6.68. The predicted octanol–water partition coefficient (Wildman–Crippen LogP) is 0.599. The van der Waals surface area contributed by atoms with Gasteiger partial charge in [-0.3, -0.25) is 0 Å². The van der Waals surface area contributed by atoms with E-state index in [4.69, 9.17) is 0 Å². The summed E-state index contributed by atoms with van der Waals surface area (Å²) in [6, 6.07) is 0. The lowest BCUT2D eigenvalue weighted by molar-refractivity contribution is 0.0995. The molecule has 0 fully saturated rings. The van der Waals surface area contributed by atoms with Crippen molar-refractivity contribution in [3.05, 3.63) is 0 Å². The van der Waals surface area contributed by atoms with E-state index in [9.17, 15) is 4.79 Å². The molecule has 0 unspecified atom stereocenters. The van der Waals surface area contributed by atoms with Gasteiger partial charge in [-0.2, -0.15) is 0 Å². The Kier molecular flexibility index (Phi) is 4.66. The van der Waals surface area contributed by atoms with E-state index in [1.807, 2.05) is 6.92 Å². The summed E-state index contributed by atoms with van der Waals surface area (Å²) in [5.41, 5.74) is 2.79. The molecule has 0 spiro atoms. The molecule has 60 valence electrons. The van der Waals surface area contributed by atoms with Gasteiger partial charge in [0.1, 0.15) is 0 Å². The number of hydrogen-bond acceptors (Lipinski definition) is 3. The molecule has 10 heavy (non-hydrogen) atoms. The summed E-state index contributed by atoms with van der Waals surface area (Å²) < 4.78 is 4.68. The van der Waals surface area contributed by atoms with E-state index in [2.05, 4.69) is 10.2 Å². The molecule has 0 aliphatic carbocycles. The van der Waals surface area contributed by atoms with E-state index in [1.54, 1.807) is 14.0 Å². The van der Waals surface area contributed by atoms with Crippen LogP contribution in [0.3, 0.4) is 0 Å². The van der Waals surface area contributed by atoms with Gasteiger partial charge < -0.3 is 4.74 Å². The Morgan fingerprint density at radius 2 is 2.20 bits per heavy atom.